The van der Waals surface area contributed by atoms with Crippen molar-refractivity contribution in [3.05, 3.63) is 47.1 Å². The van der Waals surface area contributed by atoms with E-state index in [1.807, 2.05) is 18.7 Å². The van der Waals surface area contributed by atoms with E-state index < -0.39 is 0 Å². The number of aromatic nitrogens is 2. The molecule has 0 aliphatic carbocycles. The molecule has 0 unspecified atom stereocenters. The summed E-state index contributed by atoms with van der Waals surface area (Å²) >= 11 is 0. The maximum atomic E-state index is 12.5. The van der Waals surface area contributed by atoms with Gasteiger partial charge < -0.3 is 14.2 Å². The van der Waals surface area contributed by atoms with Gasteiger partial charge in [-0.25, -0.2) is 0 Å². The number of ether oxygens (including phenoxy) is 1. The number of carbonyl (C=O) groups excluding carboxylic acids is 1. The molecule has 2 heterocycles. The van der Waals surface area contributed by atoms with E-state index in [9.17, 15) is 4.79 Å². The molecule has 1 aliphatic rings. The summed E-state index contributed by atoms with van der Waals surface area (Å²) in [5.74, 6) is 1.44. The third kappa shape index (κ3) is 4.45. The topological polar surface area (TPSA) is 68.5 Å². The van der Waals surface area contributed by atoms with E-state index in [4.69, 9.17) is 9.26 Å². The van der Waals surface area contributed by atoms with Gasteiger partial charge >= 0.3 is 0 Å². The van der Waals surface area contributed by atoms with Crippen molar-refractivity contribution >= 4 is 5.91 Å². The molecule has 6 heteroatoms. The standard InChI is InChI=1S/C19H25N3O3/c1-13(2)19-20-18(21-25-19)16-12-22(10-11-24-16)17(23)9-8-15-6-4-14(3)5-7-15/h4-7,13,16H,8-12H2,1-3H3/t16-/m1/s1. The summed E-state index contributed by atoms with van der Waals surface area (Å²) in [6.45, 7) is 7.64. The van der Waals surface area contributed by atoms with Crippen molar-refractivity contribution in [1.29, 1.82) is 0 Å². The molecule has 25 heavy (non-hydrogen) atoms. The van der Waals surface area contributed by atoms with Gasteiger partial charge in [0.1, 0.15) is 6.10 Å². The lowest BCUT2D eigenvalue weighted by molar-refractivity contribution is -0.139. The molecule has 1 aromatic heterocycles. The highest BCUT2D eigenvalue weighted by Gasteiger charge is 2.28. The largest absolute Gasteiger partial charge is 0.366 e. The molecule has 1 aromatic carbocycles. The molecule has 1 atom stereocenters. The maximum Gasteiger partial charge on any atom is 0.229 e. The van der Waals surface area contributed by atoms with Gasteiger partial charge in [-0.1, -0.05) is 48.8 Å². The van der Waals surface area contributed by atoms with Crippen LogP contribution in [0.4, 0.5) is 0 Å². The SMILES string of the molecule is Cc1ccc(CCC(=O)N2CCO[C@@H](c3noc(C(C)C)n3)C2)cc1. The highest BCUT2D eigenvalue weighted by molar-refractivity contribution is 5.76. The zero-order valence-electron chi connectivity index (χ0n) is 15.1. The monoisotopic (exact) mass is 343 g/mol. The van der Waals surface area contributed by atoms with Crippen LogP contribution < -0.4 is 0 Å². The van der Waals surface area contributed by atoms with Crippen LogP contribution >= 0.6 is 0 Å². The fraction of sp³-hybridized carbons (Fsp3) is 0.526. The van der Waals surface area contributed by atoms with Gasteiger partial charge in [0.15, 0.2) is 0 Å². The van der Waals surface area contributed by atoms with Crippen molar-refractivity contribution in [2.75, 3.05) is 19.7 Å². The Morgan fingerprint density at radius 2 is 2.08 bits per heavy atom. The van der Waals surface area contributed by atoms with E-state index in [0.29, 0.717) is 37.8 Å². The normalized spacial score (nSPS) is 17.9. The van der Waals surface area contributed by atoms with Crippen LogP contribution in [0.5, 0.6) is 0 Å². The molecule has 1 fully saturated rings. The maximum absolute atomic E-state index is 12.5. The summed E-state index contributed by atoms with van der Waals surface area (Å²) in [4.78, 5) is 18.8. The van der Waals surface area contributed by atoms with Crippen LogP contribution in [0.3, 0.4) is 0 Å². The number of amides is 1. The van der Waals surface area contributed by atoms with Crippen LogP contribution in [0.25, 0.3) is 0 Å². The molecule has 0 bridgehead atoms. The molecule has 0 saturated carbocycles. The predicted molar refractivity (Wildman–Crippen MR) is 93.2 cm³/mol. The van der Waals surface area contributed by atoms with Crippen LogP contribution in [0.2, 0.25) is 0 Å². The molecule has 2 aromatic rings. The number of carbonyl (C=O) groups is 1. The molecule has 3 rings (SSSR count). The number of aryl methyl sites for hydroxylation is 2. The summed E-state index contributed by atoms with van der Waals surface area (Å²) in [5, 5.41) is 4.01. The highest BCUT2D eigenvalue weighted by Crippen LogP contribution is 2.22. The lowest BCUT2D eigenvalue weighted by atomic mass is 10.1. The molecule has 1 aliphatic heterocycles. The van der Waals surface area contributed by atoms with Gasteiger partial charge in [-0.2, -0.15) is 4.98 Å². The van der Waals surface area contributed by atoms with Crippen LogP contribution in [-0.4, -0.2) is 40.6 Å². The van der Waals surface area contributed by atoms with Crippen molar-refractivity contribution < 1.29 is 14.1 Å². The van der Waals surface area contributed by atoms with Gasteiger partial charge in [0.25, 0.3) is 0 Å². The van der Waals surface area contributed by atoms with Gasteiger partial charge in [0.05, 0.1) is 13.2 Å². The molecular formula is C19H25N3O3. The van der Waals surface area contributed by atoms with Crippen molar-refractivity contribution in [2.45, 2.75) is 45.6 Å². The van der Waals surface area contributed by atoms with Crippen molar-refractivity contribution in [3.63, 3.8) is 0 Å². The van der Waals surface area contributed by atoms with E-state index in [1.165, 1.54) is 11.1 Å². The number of nitrogens with zero attached hydrogens (tertiary/aromatic N) is 3. The van der Waals surface area contributed by atoms with Crippen LogP contribution in [0.1, 0.15) is 55.1 Å². The Labute approximate surface area is 148 Å². The number of hydrogen-bond acceptors (Lipinski definition) is 5. The molecule has 0 spiro atoms. The fourth-order valence-electron chi connectivity index (χ4n) is 2.81. The van der Waals surface area contributed by atoms with E-state index >= 15 is 0 Å². The number of rotatable bonds is 5. The van der Waals surface area contributed by atoms with Crippen molar-refractivity contribution in [2.24, 2.45) is 0 Å². The first kappa shape index (κ1) is 17.6. The van der Waals surface area contributed by atoms with E-state index in [-0.39, 0.29) is 17.9 Å². The van der Waals surface area contributed by atoms with Crippen molar-refractivity contribution in [1.82, 2.24) is 15.0 Å². The average molecular weight is 343 g/mol. The molecule has 0 radical (unpaired) electrons. The third-order valence-electron chi connectivity index (χ3n) is 4.41. The third-order valence-corrected chi connectivity index (χ3v) is 4.41. The Kier molecular flexibility index (Phi) is 5.48. The summed E-state index contributed by atoms with van der Waals surface area (Å²) in [6.07, 6.45) is 0.938. The Morgan fingerprint density at radius 1 is 1.32 bits per heavy atom. The zero-order valence-corrected chi connectivity index (χ0v) is 15.1. The minimum absolute atomic E-state index is 0.140. The number of morpholine rings is 1. The second kappa shape index (κ2) is 7.78. The zero-order chi connectivity index (χ0) is 17.8. The molecular weight excluding hydrogens is 318 g/mol. The van der Waals surface area contributed by atoms with E-state index in [0.717, 1.165) is 6.42 Å². The molecule has 6 nitrogen and oxygen atoms in total. The molecule has 134 valence electrons. The number of hydrogen-bond donors (Lipinski definition) is 0. The Balaban J connectivity index is 1.56. The summed E-state index contributed by atoms with van der Waals surface area (Å²) < 4.78 is 11.0. The number of benzene rings is 1. The van der Waals surface area contributed by atoms with Gasteiger partial charge in [-0.15, -0.1) is 0 Å². The molecule has 1 amide bonds. The van der Waals surface area contributed by atoms with Crippen molar-refractivity contribution in [3.8, 4) is 0 Å². The van der Waals surface area contributed by atoms with Gasteiger partial charge in [-0.05, 0) is 18.9 Å². The molecule has 1 saturated heterocycles. The first-order valence-electron chi connectivity index (χ1n) is 8.81. The smallest absolute Gasteiger partial charge is 0.229 e. The lowest BCUT2D eigenvalue weighted by Crippen LogP contribution is -2.42. The quantitative estimate of drug-likeness (QED) is 0.835. The van der Waals surface area contributed by atoms with Crippen LogP contribution in [0.15, 0.2) is 28.8 Å². The Morgan fingerprint density at radius 3 is 2.76 bits per heavy atom. The lowest BCUT2D eigenvalue weighted by Gasteiger charge is -2.31. The molecule has 0 N–H and O–H groups in total. The van der Waals surface area contributed by atoms with Crippen LogP contribution in [-0.2, 0) is 16.0 Å². The minimum atomic E-state index is -0.312. The van der Waals surface area contributed by atoms with Crippen LogP contribution in [0, 0.1) is 6.92 Å². The second-order valence-corrected chi connectivity index (χ2v) is 6.83. The fourth-order valence-corrected chi connectivity index (χ4v) is 2.81. The summed E-state index contributed by atoms with van der Waals surface area (Å²) in [6, 6.07) is 8.31. The van der Waals surface area contributed by atoms with Gasteiger partial charge in [-0.3, -0.25) is 4.79 Å². The Hall–Kier alpha value is -2.21. The first-order valence-corrected chi connectivity index (χ1v) is 8.81. The second-order valence-electron chi connectivity index (χ2n) is 6.83. The predicted octanol–water partition coefficient (Wildman–Crippen LogP) is 3.03. The van der Waals surface area contributed by atoms with Gasteiger partial charge in [0.2, 0.25) is 17.6 Å². The van der Waals surface area contributed by atoms with Gasteiger partial charge in [0, 0.05) is 18.9 Å². The van der Waals surface area contributed by atoms with E-state index in [2.05, 4.69) is 41.3 Å². The highest BCUT2D eigenvalue weighted by atomic mass is 16.5. The van der Waals surface area contributed by atoms with E-state index in [1.54, 1.807) is 0 Å². The minimum Gasteiger partial charge on any atom is -0.366 e. The Bertz CT molecular complexity index is 709. The first-order chi connectivity index (χ1) is 12.0. The average Bonchev–Trinajstić information content (AvgIpc) is 3.11. The summed E-state index contributed by atoms with van der Waals surface area (Å²) in [5.41, 5.74) is 2.41. The summed E-state index contributed by atoms with van der Waals surface area (Å²) in [7, 11) is 0.